The minimum Gasteiger partial charge on any atom is -0.463 e. The molecule has 0 aromatic heterocycles. The third-order valence-corrected chi connectivity index (χ3v) is 4.76. The Balaban J connectivity index is 1.77. The van der Waals surface area contributed by atoms with Gasteiger partial charge in [0.25, 0.3) is 0 Å². The van der Waals surface area contributed by atoms with Crippen molar-refractivity contribution in [3.05, 3.63) is 83.6 Å². The number of hydrogen-bond donors (Lipinski definition) is 1. The fourth-order valence-electron chi connectivity index (χ4n) is 3.53. The van der Waals surface area contributed by atoms with Crippen molar-refractivity contribution in [1.29, 1.82) is 0 Å². The van der Waals surface area contributed by atoms with Gasteiger partial charge in [0.1, 0.15) is 12.0 Å². The Labute approximate surface area is 149 Å². The Kier molecular flexibility index (Phi) is 3.76. The highest BCUT2D eigenvalue weighted by atomic mass is 16.5. The molecule has 0 saturated heterocycles. The molecule has 2 heteroatoms. The van der Waals surface area contributed by atoms with E-state index in [2.05, 4.69) is 74.6 Å². The molecule has 4 rings (SSSR count). The van der Waals surface area contributed by atoms with E-state index in [1.807, 2.05) is 18.4 Å². The molecule has 0 spiro atoms. The van der Waals surface area contributed by atoms with Crippen LogP contribution >= 0.6 is 0 Å². The minimum atomic E-state index is -0.0143. The third kappa shape index (κ3) is 3.12. The van der Waals surface area contributed by atoms with Crippen LogP contribution in [-0.2, 0) is 6.42 Å². The Morgan fingerprint density at radius 1 is 0.960 bits per heavy atom. The zero-order chi connectivity index (χ0) is 17.4. The first-order valence-electron chi connectivity index (χ1n) is 8.75. The largest absolute Gasteiger partial charge is 0.463 e. The Bertz CT molecular complexity index is 951. The maximum absolute atomic E-state index is 5.94. The molecular formula is C23H23NO. The highest BCUT2D eigenvalue weighted by Gasteiger charge is 2.29. The van der Waals surface area contributed by atoms with Gasteiger partial charge in [-0.2, -0.15) is 0 Å². The van der Waals surface area contributed by atoms with Crippen LogP contribution in [0.5, 0.6) is 5.75 Å². The molecule has 0 amide bonds. The monoisotopic (exact) mass is 329 g/mol. The molecule has 0 fully saturated rings. The van der Waals surface area contributed by atoms with Crippen LogP contribution in [0.2, 0.25) is 0 Å². The summed E-state index contributed by atoms with van der Waals surface area (Å²) in [6, 6.07) is 21.1. The predicted molar refractivity (Wildman–Crippen MR) is 105 cm³/mol. The number of ether oxygens (including phenoxy) is 1. The van der Waals surface area contributed by atoms with Gasteiger partial charge >= 0.3 is 0 Å². The van der Waals surface area contributed by atoms with Crippen LogP contribution in [0.1, 0.15) is 30.5 Å². The van der Waals surface area contributed by atoms with Crippen molar-refractivity contribution in [3.63, 3.8) is 0 Å². The fourth-order valence-corrected chi connectivity index (χ4v) is 3.53. The second kappa shape index (κ2) is 5.96. The molecule has 1 aliphatic rings. The molecule has 0 radical (unpaired) electrons. The topological polar surface area (TPSA) is 21.3 Å². The molecule has 0 bridgehead atoms. The fraction of sp³-hybridized carbons (Fsp3) is 0.217. The summed E-state index contributed by atoms with van der Waals surface area (Å²) in [7, 11) is 0. The second-order valence-electron chi connectivity index (χ2n) is 7.46. The molecule has 0 unspecified atom stereocenters. The normalized spacial score (nSPS) is 17.2. The van der Waals surface area contributed by atoms with Crippen molar-refractivity contribution in [2.75, 3.05) is 0 Å². The number of aryl methyl sites for hydroxylation is 1. The summed E-state index contributed by atoms with van der Waals surface area (Å²) < 4.78 is 5.94. The van der Waals surface area contributed by atoms with Gasteiger partial charge in [0.05, 0.1) is 5.70 Å². The molecule has 0 aliphatic carbocycles. The van der Waals surface area contributed by atoms with Crippen LogP contribution in [0.3, 0.4) is 0 Å². The molecule has 3 aromatic carbocycles. The number of fused-ring (bicyclic) bond motifs is 3. The molecule has 1 aliphatic heterocycles. The summed E-state index contributed by atoms with van der Waals surface area (Å²) in [4.78, 5) is 0. The predicted octanol–water partition coefficient (Wildman–Crippen LogP) is 5.45. The highest BCUT2D eigenvalue weighted by molar-refractivity contribution is 5.91. The lowest BCUT2D eigenvalue weighted by atomic mass is 9.83. The maximum Gasteiger partial charge on any atom is 0.126 e. The van der Waals surface area contributed by atoms with Crippen molar-refractivity contribution < 1.29 is 4.74 Å². The van der Waals surface area contributed by atoms with Gasteiger partial charge in [-0.05, 0) is 55.7 Å². The Morgan fingerprint density at radius 3 is 2.52 bits per heavy atom. The summed E-state index contributed by atoms with van der Waals surface area (Å²) in [6.45, 7) is 6.55. The van der Waals surface area contributed by atoms with Crippen LogP contribution in [-0.4, -0.2) is 5.54 Å². The van der Waals surface area contributed by atoms with Gasteiger partial charge in [0, 0.05) is 11.1 Å². The SMILES string of the molecule is Cc1ccc(OC=C2NC(C)(C)Cc3c2ccc2ccccc32)cc1. The summed E-state index contributed by atoms with van der Waals surface area (Å²) >= 11 is 0. The third-order valence-electron chi connectivity index (χ3n) is 4.76. The summed E-state index contributed by atoms with van der Waals surface area (Å²) in [5.74, 6) is 0.852. The van der Waals surface area contributed by atoms with E-state index in [1.165, 1.54) is 27.5 Å². The average molecular weight is 329 g/mol. The zero-order valence-corrected chi connectivity index (χ0v) is 15.0. The molecule has 3 aromatic rings. The second-order valence-corrected chi connectivity index (χ2v) is 7.46. The van der Waals surface area contributed by atoms with E-state index < -0.39 is 0 Å². The summed E-state index contributed by atoms with van der Waals surface area (Å²) in [5, 5.41) is 6.25. The zero-order valence-electron chi connectivity index (χ0n) is 15.0. The first-order chi connectivity index (χ1) is 12.0. The van der Waals surface area contributed by atoms with Crippen LogP contribution < -0.4 is 10.1 Å². The van der Waals surface area contributed by atoms with E-state index in [4.69, 9.17) is 4.74 Å². The van der Waals surface area contributed by atoms with Crippen LogP contribution in [0.4, 0.5) is 0 Å². The van der Waals surface area contributed by atoms with Gasteiger partial charge in [-0.15, -0.1) is 0 Å². The number of nitrogens with one attached hydrogen (secondary N) is 1. The lowest BCUT2D eigenvalue weighted by Gasteiger charge is -2.36. The lowest BCUT2D eigenvalue weighted by molar-refractivity contribution is 0.424. The first kappa shape index (κ1) is 15.8. The van der Waals surface area contributed by atoms with Gasteiger partial charge < -0.3 is 10.1 Å². The van der Waals surface area contributed by atoms with E-state index in [-0.39, 0.29) is 5.54 Å². The standard InChI is InChI=1S/C23H23NO/c1-16-8-11-18(12-9-16)25-15-22-20-13-10-17-6-4-5-7-19(17)21(20)14-23(2,3)24-22/h4-13,15,24H,14H2,1-3H3. The van der Waals surface area contributed by atoms with E-state index in [0.717, 1.165) is 17.9 Å². The van der Waals surface area contributed by atoms with E-state index in [0.29, 0.717) is 0 Å². The van der Waals surface area contributed by atoms with Gasteiger partial charge in [0.2, 0.25) is 0 Å². The Morgan fingerprint density at radius 2 is 1.72 bits per heavy atom. The van der Waals surface area contributed by atoms with Gasteiger partial charge in [0.15, 0.2) is 0 Å². The highest BCUT2D eigenvalue weighted by Crippen LogP contribution is 2.34. The quantitative estimate of drug-likeness (QED) is 0.631. The minimum absolute atomic E-state index is 0.0143. The lowest BCUT2D eigenvalue weighted by Crippen LogP contribution is -2.43. The average Bonchev–Trinajstić information content (AvgIpc) is 2.60. The van der Waals surface area contributed by atoms with Crippen LogP contribution in [0.15, 0.2) is 66.9 Å². The van der Waals surface area contributed by atoms with Gasteiger partial charge in [-0.25, -0.2) is 0 Å². The molecule has 0 saturated carbocycles. The molecule has 2 nitrogen and oxygen atoms in total. The van der Waals surface area contributed by atoms with Crippen molar-refractivity contribution in [1.82, 2.24) is 5.32 Å². The maximum atomic E-state index is 5.94. The van der Waals surface area contributed by atoms with Crippen LogP contribution in [0, 0.1) is 6.92 Å². The van der Waals surface area contributed by atoms with E-state index >= 15 is 0 Å². The van der Waals surface area contributed by atoms with Crippen molar-refractivity contribution in [3.8, 4) is 5.75 Å². The molecule has 0 atom stereocenters. The van der Waals surface area contributed by atoms with Gasteiger partial charge in [-0.3, -0.25) is 0 Å². The van der Waals surface area contributed by atoms with Crippen molar-refractivity contribution >= 4 is 16.5 Å². The smallest absolute Gasteiger partial charge is 0.126 e. The number of rotatable bonds is 2. The molecular weight excluding hydrogens is 306 g/mol. The number of hydrogen-bond acceptors (Lipinski definition) is 2. The summed E-state index contributed by atoms with van der Waals surface area (Å²) in [6.07, 6.45) is 2.84. The van der Waals surface area contributed by atoms with E-state index in [1.54, 1.807) is 0 Å². The molecule has 25 heavy (non-hydrogen) atoms. The van der Waals surface area contributed by atoms with Crippen molar-refractivity contribution in [2.24, 2.45) is 0 Å². The van der Waals surface area contributed by atoms with Crippen molar-refractivity contribution in [2.45, 2.75) is 32.7 Å². The van der Waals surface area contributed by atoms with Gasteiger partial charge in [-0.1, -0.05) is 54.1 Å². The van der Waals surface area contributed by atoms with Crippen LogP contribution in [0.25, 0.3) is 16.5 Å². The molecule has 1 heterocycles. The molecule has 1 N–H and O–H groups in total. The Hall–Kier alpha value is -2.74. The molecule has 126 valence electrons. The first-order valence-corrected chi connectivity index (χ1v) is 8.75. The van der Waals surface area contributed by atoms with E-state index in [9.17, 15) is 0 Å². The summed E-state index contributed by atoms with van der Waals surface area (Å²) in [5.41, 5.74) is 4.87. The number of benzene rings is 3.